The second-order valence-electron chi connectivity index (χ2n) is 9.17. The second kappa shape index (κ2) is 12.4. The van der Waals surface area contributed by atoms with E-state index in [4.69, 9.17) is 4.74 Å². The molecule has 0 unspecified atom stereocenters. The molecule has 1 atom stereocenters. The Morgan fingerprint density at radius 2 is 1.60 bits per heavy atom. The van der Waals surface area contributed by atoms with Gasteiger partial charge in [0.15, 0.2) is 0 Å². The molecule has 2 N–H and O–H groups in total. The highest BCUT2D eigenvalue weighted by Crippen LogP contribution is 2.44. The Morgan fingerprint density at radius 3 is 2.14 bits per heavy atom. The number of carboxylic acid groups (broad SMARTS) is 1. The van der Waals surface area contributed by atoms with E-state index in [1.807, 2.05) is 50.2 Å². The highest BCUT2D eigenvalue weighted by Gasteiger charge is 2.29. The lowest BCUT2D eigenvalue weighted by molar-refractivity contribution is -0.144. The van der Waals surface area contributed by atoms with Crippen LogP contribution in [0.25, 0.3) is 11.1 Å². The van der Waals surface area contributed by atoms with E-state index in [2.05, 4.69) is 29.6 Å². The molecule has 0 heterocycles. The number of likely N-dealkylation sites (N-methyl/N-ethyl adjacent to an activating group) is 1. The van der Waals surface area contributed by atoms with Crippen LogP contribution in [0.5, 0.6) is 0 Å². The molecule has 0 bridgehead atoms. The van der Waals surface area contributed by atoms with Gasteiger partial charge in [0, 0.05) is 31.5 Å². The molecule has 3 rings (SSSR count). The first-order valence-corrected chi connectivity index (χ1v) is 12.1. The Kier molecular flexibility index (Phi) is 9.25. The number of benzene rings is 2. The number of carbonyl (C=O) groups excluding carboxylic acids is 2. The largest absolute Gasteiger partial charge is 0.480 e. The maximum Gasteiger partial charge on any atom is 0.407 e. The van der Waals surface area contributed by atoms with Crippen molar-refractivity contribution in [1.29, 1.82) is 0 Å². The number of hydrogen-bond donors (Lipinski definition) is 2. The minimum Gasteiger partial charge on any atom is -0.480 e. The average molecular weight is 482 g/mol. The third-order valence-electron chi connectivity index (χ3n) is 6.22. The summed E-state index contributed by atoms with van der Waals surface area (Å²) in [5.41, 5.74) is 4.57. The molecule has 35 heavy (non-hydrogen) atoms. The van der Waals surface area contributed by atoms with Gasteiger partial charge in [0.2, 0.25) is 5.91 Å². The first-order chi connectivity index (χ1) is 16.8. The van der Waals surface area contributed by atoms with Gasteiger partial charge in [-0.05, 0) is 42.8 Å². The highest BCUT2D eigenvalue weighted by molar-refractivity contribution is 5.82. The Labute approximate surface area is 206 Å². The van der Waals surface area contributed by atoms with Crippen molar-refractivity contribution in [3.05, 3.63) is 59.7 Å². The summed E-state index contributed by atoms with van der Waals surface area (Å²) in [5, 5.41) is 12.0. The molecule has 8 heteroatoms. The molecule has 1 aliphatic rings. The van der Waals surface area contributed by atoms with Crippen molar-refractivity contribution >= 4 is 18.0 Å². The molecule has 2 aromatic carbocycles. The molecule has 8 nitrogen and oxygen atoms in total. The zero-order valence-corrected chi connectivity index (χ0v) is 20.7. The quantitative estimate of drug-likeness (QED) is 0.481. The fraction of sp³-hybridized carbons (Fsp3) is 0.444. The first kappa shape index (κ1) is 26.2. The lowest BCUT2D eigenvalue weighted by Gasteiger charge is -2.25. The third-order valence-corrected chi connectivity index (χ3v) is 6.22. The maximum atomic E-state index is 12.9. The highest BCUT2D eigenvalue weighted by atomic mass is 16.5. The van der Waals surface area contributed by atoms with Crippen LogP contribution in [0.1, 0.15) is 43.2 Å². The number of fused-ring (bicyclic) bond motifs is 3. The number of aliphatic carboxylic acids is 1. The molecule has 0 radical (unpaired) electrons. The number of alkyl carbamates (subject to hydrolysis) is 1. The van der Waals surface area contributed by atoms with Crippen LogP contribution in [0.4, 0.5) is 4.79 Å². The molecule has 0 fully saturated rings. The van der Waals surface area contributed by atoms with Crippen LogP contribution in [0.15, 0.2) is 48.5 Å². The van der Waals surface area contributed by atoms with Crippen LogP contribution in [0.2, 0.25) is 0 Å². The summed E-state index contributed by atoms with van der Waals surface area (Å²) in [7, 11) is 3.73. The summed E-state index contributed by atoms with van der Waals surface area (Å²) >= 11 is 0. The maximum absolute atomic E-state index is 12.9. The number of nitrogens with one attached hydrogen (secondary N) is 1. The molecule has 188 valence electrons. The molecule has 1 aliphatic carbocycles. The summed E-state index contributed by atoms with van der Waals surface area (Å²) in [6, 6.07) is 15.8. The van der Waals surface area contributed by atoms with E-state index in [1.54, 1.807) is 0 Å². The second-order valence-corrected chi connectivity index (χ2v) is 9.17. The smallest absolute Gasteiger partial charge is 0.407 e. The molecule has 0 aromatic heterocycles. The minimum atomic E-state index is -1.06. The van der Waals surface area contributed by atoms with Crippen LogP contribution in [-0.2, 0) is 14.3 Å². The van der Waals surface area contributed by atoms with E-state index in [0.29, 0.717) is 19.5 Å². The molecule has 0 saturated carbocycles. The summed E-state index contributed by atoms with van der Waals surface area (Å²) < 4.78 is 5.63. The van der Waals surface area contributed by atoms with Gasteiger partial charge >= 0.3 is 12.1 Å². The fourth-order valence-electron chi connectivity index (χ4n) is 4.50. The Hall–Kier alpha value is -3.39. The van der Waals surface area contributed by atoms with Crippen molar-refractivity contribution in [1.82, 2.24) is 15.1 Å². The van der Waals surface area contributed by atoms with E-state index in [-0.39, 0.29) is 31.4 Å². The molecule has 0 aliphatic heterocycles. The van der Waals surface area contributed by atoms with Gasteiger partial charge in [-0.2, -0.15) is 0 Å². The summed E-state index contributed by atoms with van der Waals surface area (Å²) in [6.07, 6.45) is 0.804. The number of nitrogens with zero attached hydrogens (tertiary/aromatic N) is 2. The molecule has 2 aromatic rings. The lowest BCUT2D eigenvalue weighted by Crippen LogP contribution is -2.44. The predicted molar refractivity (Wildman–Crippen MR) is 134 cm³/mol. The van der Waals surface area contributed by atoms with Crippen LogP contribution in [-0.4, -0.2) is 79.3 Å². The van der Waals surface area contributed by atoms with E-state index in [0.717, 1.165) is 28.7 Å². The zero-order valence-electron chi connectivity index (χ0n) is 20.7. The predicted octanol–water partition coefficient (Wildman–Crippen LogP) is 3.56. The van der Waals surface area contributed by atoms with Crippen LogP contribution >= 0.6 is 0 Å². The van der Waals surface area contributed by atoms with E-state index in [1.165, 1.54) is 4.90 Å². The fourth-order valence-corrected chi connectivity index (χ4v) is 4.50. The molecular formula is C27H35N3O5. The number of carboxylic acids is 1. The van der Waals surface area contributed by atoms with Gasteiger partial charge in [0.25, 0.3) is 0 Å². The van der Waals surface area contributed by atoms with Gasteiger partial charge in [-0.3, -0.25) is 9.59 Å². The minimum absolute atomic E-state index is 0.0265. The van der Waals surface area contributed by atoms with Crippen LogP contribution in [0, 0.1) is 0 Å². The monoisotopic (exact) mass is 481 g/mol. The van der Waals surface area contributed by atoms with Crippen molar-refractivity contribution < 1.29 is 24.2 Å². The molecule has 0 spiro atoms. The van der Waals surface area contributed by atoms with E-state index in [9.17, 15) is 19.5 Å². The van der Waals surface area contributed by atoms with Crippen molar-refractivity contribution in [2.45, 2.75) is 38.1 Å². The zero-order chi connectivity index (χ0) is 25.4. The Balaban J connectivity index is 1.61. The van der Waals surface area contributed by atoms with Crippen molar-refractivity contribution in [2.75, 3.05) is 40.3 Å². The van der Waals surface area contributed by atoms with Gasteiger partial charge in [-0.15, -0.1) is 0 Å². The van der Waals surface area contributed by atoms with E-state index >= 15 is 0 Å². The average Bonchev–Trinajstić information content (AvgIpc) is 3.14. The normalized spacial score (nSPS) is 13.1. The van der Waals surface area contributed by atoms with Gasteiger partial charge in [0.1, 0.15) is 13.2 Å². The van der Waals surface area contributed by atoms with E-state index < -0.39 is 18.1 Å². The van der Waals surface area contributed by atoms with Crippen LogP contribution in [0.3, 0.4) is 0 Å². The Bertz CT molecular complexity index is 993. The van der Waals surface area contributed by atoms with Crippen molar-refractivity contribution in [2.24, 2.45) is 0 Å². The standard InChI is InChI=1S/C27H35N3O5/c1-4-9-19(16-25(31)30(17-26(32)33)15-14-29(2)3)28-27(34)35-18-24-22-12-7-5-10-20(22)21-11-6-8-13-23(21)24/h5-8,10-13,19,24H,4,9,14-18H2,1-3H3,(H,28,34)(H,32,33)/t19-/m1/s1. The summed E-state index contributed by atoms with van der Waals surface area (Å²) in [4.78, 5) is 40.0. The first-order valence-electron chi connectivity index (χ1n) is 12.1. The Morgan fingerprint density at radius 1 is 1.00 bits per heavy atom. The number of hydrogen-bond acceptors (Lipinski definition) is 5. The topological polar surface area (TPSA) is 99.2 Å². The van der Waals surface area contributed by atoms with Gasteiger partial charge in [0.05, 0.1) is 0 Å². The number of amides is 2. The van der Waals surface area contributed by atoms with Gasteiger partial charge in [-0.25, -0.2) is 4.79 Å². The molecule has 0 saturated heterocycles. The molecule has 2 amide bonds. The summed E-state index contributed by atoms with van der Waals surface area (Å²) in [6.45, 7) is 2.66. The summed E-state index contributed by atoms with van der Waals surface area (Å²) in [5.74, 6) is -1.41. The number of rotatable bonds is 12. The third kappa shape index (κ3) is 7.05. The molecular weight excluding hydrogens is 446 g/mol. The SMILES string of the molecule is CCC[C@H](CC(=O)N(CCN(C)C)CC(=O)O)NC(=O)OCC1c2ccccc2-c2ccccc21. The lowest BCUT2D eigenvalue weighted by atomic mass is 9.98. The van der Waals surface area contributed by atoms with Gasteiger partial charge < -0.3 is 25.0 Å². The number of carbonyl (C=O) groups is 3. The van der Waals surface area contributed by atoms with Crippen molar-refractivity contribution in [3.63, 3.8) is 0 Å². The number of ether oxygens (including phenoxy) is 1. The van der Waals surface area contributed by atoms with Gasteiger partial charge in [-0.1, -0.05) is 61.9 Å². The van der Waals surface area contributed by atoms with Crippen LogP contribution < -0.4 is 5.32 Å². The van der Waals surface area contributed by atoms with Crippen molar-refractivity contribution in [3.8, 4) is 11.1 Å².